The van der Waals surface area contributed by atoms with Crippen LogP contribution in [0.4, 0.5) is 22.0 Å². The molecule has 8 heteroatoms. The van der Waals surface area contributed by atoms with Crippen molar-refractivity contribution in [3.63, 3.8) is 0 Å². The van der Waals surface area contributed by atoms with Gasteiger partial charge in [-0.1, -0.05) is 19.1 Å². The smallest absolute Gasteiger partial charge is 0.400 e. The Hall–Kier alpha value is -2.19. The molecule has 3 nitrogen and oxygen atoms in total. The van der Waals surface area contributed by atoms with E-state index in [-0.39, 0.29) is 36.8 Å². The van der Waals surface area contributed by atoms with E-state index in [0.29, 0.717) is 36.3 Å². The van der Waals surface area contributed by atoms with Gasteiger partial charge in [-0.2, -0.15) is 8.78 Å². The Kier molecular flexibility index (Phi) is 8.29. The lowest BCUT2D eigenvalue weighted by Gasteiger charge is -2.37. The first-order chi connectivity index (χ1) is 18.2. The minimum Gasteiger partial charge on any atom is -0.432 e. The molecule has 2 aliphatic carbocycles. The minimum absolute atomic E-state index is 0.130. The van der Waals surface area contributed by atoms with Gasteiger partial charge in [-0.05, 0) is 80.4 Å². The number of benzene rings is 2. The molecule has 38 heavy (non-hydrogen) atoms. The van der Waals surface area contributed by atoms with Gasteiger partial charge in [0.25, 0.3) is 0 Å². The van der Waals surface area contributed by atoms with Crippen molar-refractivity contribution in [1.82, 2.24) is 0 Å². The molecule has 0 bridgehead atoms. The van der Waals surface area contributed by atoms with Crippen molar-refractivity contribution in [3.05, 3.63) is 65.0 Å². The van der Waals surface area contributed by atoms with Gasteiger partial charge in [0, 0.05) is 30.0 Å². The zero-order valence-corrected chi connectivity index (χ0v) is 21.6. The molecule has 3 fully saturated rings. The third-order valence-corrected chi connectivity index (χ3v) is 8.47. The maximum Gasteiger partial charge on any atom is 0.400 e. The molecule has 2 saturated carbocycles. The standard InChI is InChI=1S/C30H35F5O3/c1-18-16-36-29(37-17-18)21-4-2-19(3-5-21)22-8-11-27(28(33)12-22)20-6-9-23(10-7-20)30(34,35)38-26-14-24(31)13-25(32)15-26/h8,11-15,18-21,23,29H,2-7,9-10,16-17H2,1H3. The summed E-state index contributed by atoms with van der Waals surface area (Å²) in [6.45, 7) is 3.58. The summed E-state index contributed by atoms with van der Waals surface area (Å²) in [5.74, 6) is -2.95. The van der Waals surface area contributed by atoms with Gasteiger partial charge in [0.15, 0.2) is 6.29 Å². The van der Waals surface area contributed by atoms with Crippen molar-refractivity contribution < 1.29 is 36.2 Å². The SMILES string of the molecule is CC1COC(C2CCC(c3ccc(C4CCC(C(F)(F)Oc5cc(F)cc(F)c5)CC4)c(F)c3)CC2)OC1. The summed E-state index contributed by atoms with van der Waals surface area (Å²) >= 11 is 0. The molecule has 0 N–H and O–H groups in total. The van der Waals surface area contributed by atoms with E-state index >= 15 is 4.39 Å². The summed E-state index contributed by atoms with van der Waals surface area (Å²) in [5.41, 5.74) is 1.55. The van der Waals surface area contributed by atoms with E-state index in [0.717, 1.165) is 56.6 Å². The molecular weight excluding hydrogens is 503 g/mol. The third-order valence-electron chi connectivity index (χ3n) is 8.47. The lowest BCUT2D eigenvalue weighted by atomic mass is 9.76. The number of hydrogen-bond acceptors (Lipinski definition) is 3. The monoisotopic (exact) mass is 538 g/mol. The molecule has 1 saturated heterocycles. The Morgan fingerprint density at radius 2 is 1.37 bits per heavy atom. The molecule has 0 unspecified atom stereocenters. The second-order valence-electron chi connectivity index (χ2n) is 11.4. The number of alkyl halides is 2. The van der Waals surface area contributed by atoms with Crippen LogP contribution in [0.2, 0.25) is 0 Å². The number of hydrogen-bond donors (Lipinski definition) is 0. The quantitative estimate of drug-likeness (QED) is 0.346. The molecule has 0 aromatic heterocycles. The predicted molar refractivity (Wildman–Crippen MR) is 133 cm³/mol. The van der Waals surface area contributed by atoms with Crippen molar-refractivity contribution in [3.8, 4) is 5.75 Å². The van der Waals surface area contributed by atoms with Crippen LogP contribution in [0, 0.1) is 35.2 Å². The highest BCUT2D eigenvalue weighted by Gasteiger charge is 2.44. The molecule has 208 valence electrons. The largest absolute Gasteiger partial charge is 0.432 e. The molecule has 0 spiro atoms. The lowest BCUT2D eigenvalue weighted by molar-refractivity contribution is -0.226. The molecule has 0 atom stereocenters. The fourth-order valence-corrected chi connectivity index (χ4v) is 6.31. The molecule has 2 aromatic carbocycles. The van der Waals surface area contributed by atoms with Crippen LogP contribution in [0.3, 0.4) is 0 Å². The highest BCUT2D eigenvalue weighted by atomic mass is 19.3. The first kappa shape index (κ1) is 27.4. The van der Waals surface area contributed by atoms with Crippen LogP contribution in [-0.4, -0.2) is 25.6 Å². The Morgan fingerprint density at radius 3 is 1.97 bits per heavy atom. The third kappa shape index (κ3) is 6.33. The summed E-state index contributed by atoms with van der Waals surface area (Å²) in [4.78, 5) is 0. The maximum atomic E-state index is 15.2. The molecular formula is C30H35F5O3. The summed E-state index contributed by atoms with van der Waals surface area (Å²) in [7, 11) is 0. The Labute approximate surface area is 220 Å². The van der Waals surface area contributed by atoms with E-state index in [9.17, 15) is 17.6 Å². The molecule has 5 rings (SSSR count). The van der Waals surface area contributed by atoms with Gasteiger partial charge < -0.3 is 14.2 Å². The number of halogens is 5. The van der Waals surface area contributed by atoms with Crippen LogP contribution in [0.15, 0.2) is 36.4 Å². The molecule has 0 amide bonds. The summed E-state index contributed by atoms with van der Waals surface area (Å²) in [6.07, 6.45) is 1.22. The van der Waals surface area contributed by atoms with Crippen LogP contribution in [0.1, 0.15) is 81.3 Å². The molecule has 1 aliphatic heterocycles. The Morgan fingerprint density at radius 1 is 0.763 bits per heavy atom. The van der Waals surface area contributed by atoms with Crippen LogP contribution in [-0.2, 0) is 9.47 Å². The van der Waals surface area contributed by atoms with Gasteiger partial charge in [-0.3, -0.25) is 0 Å². The van der Waals surface area contributed by atoms with Crippen LogP contribution >= 0.6 is 0 Å². The van der Waals surface area contributed by atoms with Crippen molar-refractivity contribution in [2.24, 2.45) is 17.8 Å². The fraction of sp³-hybridized carbons (Fsp3) is 0.600. The van der Waals surface area contributed by atoms with E-state index in [1.807, 2.05) is 12.1 Å². The van der Waals surface area contributed by atoms with Gasteiger partial charge >= 0.3 is 6.11 Å². The normalized spacial score (nSPS) is 30.7. The zero-order chi connectivity index (χ0) is 26.9. The Balaban J connectivity index is 1.14. The van der Waals surface area contributed by atoms with Gasteiger partial charge in [0.2, 0.25) is 0 Å². The van der Waals surface area contributed by atoms with Gasteiger partial charge in [0.1, 0.15) is 23.2 Å². The van der Waals surface area contributed by atoms with Crippen LogP contribution < -0.4 is 4.74 Å². The minimum atomic E-state index is -3.57. The number of ether oxygens (including phenoxy) is 3. The maximum absolute atomic E-state index is 15.2. The van der Waals surface area contributed by atoms with Crippen molar-refractivity contribution in [2.75, 3.05) is 13.2 Å². The summed E-state index contributed by atoms with van der Waals surface area (Å²) in [5, 5.41) is 0. The van der Waals surface area contributed by atoms with Gasteiger partial charge in [-0.15, -0.1) is 0 Å². The van der Waals surface area contributed by atoms with E-state index < -0.39 is 29.4 Å². The second-order valence-corrected chi connectivity index (χ2v) is 11.4. The lowest BCUT2D eigenvalue weighted by Crippen LogP contribution is -2.37. The summed E-state index contributed by atoms with van der Waals surface area (Å²) in [6, 6.07) is 7.51. The highest BCUT2D eigenvalue weighted by Crippen LogP contribution is 2.45. The second kappa shape index (κ2) is 11.5. The Bertz CT molecular complexity index is 1070. The fourth-order valence-electron chi connectivity index (χ4n) is 6.31. The van der Waals surface area contributed by atoms with E-state index in [4.69, 9.17) is 14.2 Å². The first-order valence-electron chi connectivity index (χ1n) is 13.7. The highest BCUT2D eigenvalue weighted by molar-refractivity contribution is 5.30. The molecule has 1 heterocycles. The van der Waals surface area contributed by atoms with Gasteiger partial charge in [-0.25, -0.2) is 13.2 Å². The van der Waals surface area contributed by atoms with Crippen molar-refractivity contribution >= 4 is 0 Å². The van der Waals surface area contributed by atoms with E-state index in [2.05, 4.69) is 6.92 Å². The molecule has 3 aliphatic rings. The predicted octanol–water partition coefficient (Wildman–Crippen LogP) is 8.33. The topological polar surface area (TPSA) is 27.7 Å². The molecule has 2 aromatic rings. The van der Waals surface area contributed by atoms with Gasteiger partial charge in [0.05, 0.1) is 19.1 Å². The zero-order valence-electron chi connectivity index (χ0n) is 21.6. The average Bonchev–Trinajstić information content (AvgIpc) is 2.88. The number of rotatable bonds is 6. The van der Waals surface area contributed by atoms with E-state index in [1.165, 1.54) is 0 Å². The van der Waals surface area contributed by atoms with Crippen molar-refractivity contribution in [2.45, 2.75) is 82.5 Å². The molecule has 0 radical (unpaired) electrons. The van der Waals surface area contributed by atoms with Crippen LogP contribution in [0.25, 0.3) is 0 Å². The van der Waals surface area contributed by atoms with E-state index in [1.54, 1.807) is 6.07 Å². The van der Waals surface area contributed by atoms with Crippen LogP contribution in [0.5, 0.6) is 5.75 Å². The summed E-state index contributed by atoms with van der Waals surface area (Å²) < 4.78 is 87.8. The van der Waals surface area contributed by atoms with Crippen molar-refractivity contribution in [1.29, 1.82) is 0 Å². The average molecular weight is 539 g/mol. The first-order valence-corrected chi connectivity index (χ1v) is 13.7.